The van der Waals surface area contributed by atoms with Gasteiger partial charge in [0.05, 0.1) is 24.6 Å². The zero-order valence-corrected chi connectivity index (χ0v) is 19.9. The third kappa shape index (κ3) is 5.11. The number of benzene rings is 1. The van der Waals surface area contributed by atoms with Crippen LogP contribution in [0, 0.1) is 0 Å². The van der Waals surface area contributed by atoms with E-state index in [9.17, 15) is 0 Å². The largest absolute Gasteiger partial charge is 0.496 e. The number of hydrazine groups is 1. The lowest BCUT2D eigenvalue weighted by molar-refractivity contribution is 0.408. The van der Waals surface area contributed by atoms with Crippen LogP contribution in [0.3, 0.4) is 0 Å². The van der Waals surface area contributed by atoms with Gasteiger partial charge in [-0.1, -0.05) is 25.8 Å². The summed E-state index contributed by atoms with van der Waals surface area (Å²) >= 11 is 0. The zero-order chi connectivity index (χ0) is 24.0. The van der Waals surface area contributed by atoms with Gasteiger partial charge in [-0.25, -0.2) is 10.8 Å². The molecule has 10 heteroatoms. The number of hydrogen-bond donors (Lipinski definition) is 5. The molecule has 0 spiro atoms. The van der Waals surface area contributed by atoms with Gasteiger partial charge in [-0.05, 0) is 44.0 Å². The molecule has 0 radical (unpaired) electrons. The van der Waals surface area contributed by atoms with E-state index in [-0.39, 0.29) is 5.95 Å². The summed E-state index contributed by atoms with van der Waals surface area (Å²) < 4.78 is 7.75. The number of methoxy groups -OCH3 is 1. The maximum absolute atomic E-state index is 5.96. The molecule has 0 fully saturated rings. The lowest BCUT2D eigenvalue weighted by atomic mass is 9.82. The number of ether oxygens (including phenoxy) is 1. The average Bonchev–Trinajstić information content (AvgIpc) is 3.19. The van der Waals surface area contributed by atoms with Gasteiger partial charge in [0.2, 0.25) is 5.95 Å². The van der Waals surface area contributed by atoms with Gasteiger partial charge in [0.15, 0.2) is 5.82 Å². The molecule has 0 unspecified atom stereocenters. The van der Waals surface area contributed by atoms with Crippen LogP contribution in [0.4, 0.5) is 11.8 Å². The minimum atomic E-state index is -0.521. The molecule has 0 aliphatic heterocycles. The average molecular weight is 454 g/mol. The highest BCUT2D eigenvalue weighted by molar-refractivity contribution is 5.92. The van der Waals surface area contributed by atoms with Crippen LogP contribution in [0.15, 0.2) is 35.6 Å². The predicted octanol–water partition coefficient (Wildman–Crippen LogP) is 2.69. The number of nitrogens with two attached hydrogens (primary N) is 3. The number of rotatable bonds is 10. The molecule has 33 heavy (non-hydrogen) atoms. The third-order valence-corrected chi connectivity index (χ3v) is 5.90. The van der Waals surface area contributed by atoms with Gasteiger partial charge in [0.1, 0.15) is 17.1 Å². The normalized spacial score (nSPS) is 12.2. The molecular weight excluding hydrogens is 418 g/mol. The van der Waals surface area contributed by atoms with E-state index >= 15 is 0 Å². The molecule has 0 aliphatic carbocycles. The molecule has 8 N–H and O–H groups in total. The summed E-state index contributed by atoms with van der Waals surface area (Å²) in [6.45, 7) is 7.57. The number of anilines is 2. The van der Waals surface area contributed by atoms with Crippen LogP contribution in [-0.4, -0.2) is 34.0 Å². The smallest absolute Gasteiger partial charge is 0.222 e. The fourth-order valence-electron chi connectivity index (χ4n) is 3.95. The Morgan fingerprint density at radius 2 is 2.00 bits per heavy atom. The van der Waals surface area contributed by atoms with E-state index < -0.39 is 5.41 Å². The summed E-state index contributed by atoms with van der Waals surface area (Å²) in [4.78, 5) is 8.88. The second-order valence-corrected chi connectivity index (χ2v) is 8.52. The summed E-state index contributed by atoms with van der Waals surface area (Å²) in [5.74, 6) is 13.4. The molecule has 0 atom stereocenters. The molecule has 0 saturated heterocycles. The second kappa shape index (κ2) is 10.4. The van der Waals surface area contributed by atoms with Crippen LogP contribution < -0.4 is 32.9 Å². The van der Waals surface area contributed by atoms with E-state index in [4.69, 9.17) is 22.2 Å². The molecule has 2 heterocycles. The topological polar surface area (TPSA) is 154 Å². The van der Waals surface area contributed by atoms with Crippen LogP contribution in [0.2, 0.25) is 0 Å². The van der Waals surface area contributed by atoms with E-state index in [0.29, 0.717) is 12.4 Å². The zero-order valence-electron chi connectivity index (χ0n) is 19.9. The van der Waals surface area contributed by atoms with Crippen molar-refractivity contribution in [2.45, 2.75) is 52.0 Å². The van der Waals surface area contributed by atoms with E-state index in [1.807, 2.05) is 38.2 Å². The first-order valence-electron chi connectivity index (χ1n) is 11.1. The lowest BCUT2D eigenvalue weighted by Crippen LogP contribution is -2.44. The standard InChI is InChI=1S/C23H35N9O/c1-5-6-7-11-27-20-19-17(28-22(24)29-20)10-12-32(19)14-15-13-16(8-9-18(15)33-4)23(2,3)21(30-25)31-26/h8-10,12-13H,5-7,11,14,25-26H2,1-4H3,(H,30,31)(H3,24,27,28,29). The number of hydrogen-bond acceptors (Lipinski definition) is 8. The Bertz CT molecular complexity index is 1120. The van der Waals surface area contributed by atoms with E-state index in [1.54, 1.807) is 7.11 Å². The van der Waals surface area contributed by atoms with E-state index in [1.165, 1.54) is 0 Å². The minimum Gasteiger partial charge on any atom is -0.496 e. The van der Waals surface area contributed by atoms with Crippen LogP contribution >= 0.6 is 0 Å². The molecule has 3 rings (SSSR count). The number of aromatic nitrogens is 3. The molecule has 0 aliphatic rings. The molecule has 3 aromatic rings. The van der Waals surface area contributed by atoms with E-state index in [2.05, 4.69) is 43.4 Å². The van der Waals surface area contributed by atoms with Crippen molar-refractivity contribution >= 4 is 28.6 Å². The van der Waals surface area contributed by atoms with Crippen molar-refractivity contribution in [1.82, 2.24) is 20.0 Å². The van der Waals surface area contributed by atoms with Crippen molar-refractivity contribution in [2.75, 3.05) is 24.7 Å². The molecule has 178 valence electrons. The van der Waals surface area contributed by atoms with Gasteiger partial charge in [-0.3, -0.25) is 0 Å². The molecule has 0 bridgehead atoms. The lowest BCUT2D eigenvalue weighted by Gasteiger charge is -2.27. The molecule has 0 saturated carbocycles. The monoisotopic (exact) mass is 453 g/mol. The van der Waals surface area contributed by atoms with E-state index in [0.717, 1.165) is 59.5 Å². The van der Waals surface area contributed by atoms with Crippen molar-refractivity contribution in [3.63, 3.8) is 0 Å². The maximum Gasteiger partial charge on any atom is 0.222 e. The van der Waals surface area contributed by atoms with Gasteiger partial charge in [0, 0.05) is 18.3 Å². The Hall–Kier alpha value is -3.53. The maximum atomic E-state index is 5.96. The first kappa shape index (κ1) is 24.1. The summed E-state index contributed by atoms with van der Waals surface area (Å²) in [5, 5.41) is 7.25. The number of nitrogens with one attached hydrogen (secondary N) is 2. The van der Waals surface area contributed by atoms with Crippen molar-refractivity contribution in [3.8, 4) is 5.75 Å². The van der Waals surface area contributed by atoms with Gasteiger partial charge >= 0.3 is 0 Å². The summed E-state index contributed by atoms with van der Waals surface area (Å²) in [7, 11) is 1.66. The quantitative estimate of drug-likeness (QED) is 0.103. The second-order valence-electron chi connectivity index (χ2n) is 8.52. The van der Waals surface area contributed by atoms with Crippen molar-refractivity contribution in [1.29, 1.82) is 0 Å². The van der Waals surface area contributed by atoms with Crippen molar-refractivity contribution in [3.05, 3.63) is 41.6 Å². The molecular formula is C23H35N9O. The van der Waals surface area contributed by atoms with Crippen molar-refractivity contribution in [2.24, 2.45) is 16.8 Å². The molecule has 1 aromatic carbocycles. The fourth-order valence-corrected chi connectivity index (χ4v) is 3.95. The number of fused-ring (bicyclic) bond motifs is 1. The molecule has 0 amide bonds. The Morgan fingerprint density at radius 3 is 2.67 bits per heavy atom. The Balaban J connectivity index is 2.01. The number of hydrazone groups is 1. The Labute approximate surface area is 194 Å². The number of nitrogens with zero attached hydrogens (tertiary/aromatic N) is 4. The molecule has 2 aromatic heterocycles. The first-order valence-corrected chi connectivity index (χ1v) is 11.1. The van der Waals surface area contributed by atoms with Gasteiger partial charge in [0.25, 0.3) is 0 Å². The predicted molar refractivity (Wildman–Crippen MR) is 134 cm³/mol. The van der Waals surface area contributed by atoms with Crippen LogP contribution in [-0.2, 0) is 12.0 Å². The summed E-state index contributed by atoms with van der Waals surface area (Å²) in [6, 6.07) is 7.96. The Kier molecular flexibility index (Phi) is 7.59. The van der Waals surface area contributed by atoms with Crippen molar-refractivity contribution < 1.29 is 4.74 Å². The fraction of sp³-hybridized carbons (Fsp3) is 0.435. The summed E-state index contributed by atoms with van der Waals surface area (Å²) in [5.41, 5.74) is 11.7. The first-order chi connectivity index (χ1) is 15.8. The summed E-state index contributed by atoms with van der Waals surface area (Å²) in [6.07, 6.45) is 5.36. The molecule has 10 nitrogen and oxygen atoms in total. The third-order valence-electron chi connectivity index (χ3n) is 5.90. The Morgan fingerprint density at radius 1 is 1.21 bits per heavy atom. The van der Waals surface area contributed by atoms with Crippen LogP contribution in [0.5, 0.6) is 5.75 Å². The number of nitrogen functional groups attached to an aromatic ring is 1. The van der Waals surface area contributed by atoms with Crippen LogP contribution in [0.25, 0.3) is 11.0 Å². The highest BCUT2D eigenvalue weighted by Crippen LogP contribution is 2.31. The highest BCUT2D eigenvalue weighted by Gasteiger charge is 2.28. The SMILES string of the molecule is CCCCCNc1nc(N)nc2ccn(Cc3cc(C(C)(C)/C(=N/N)NN)ccc3OC)c12. The number of unbranched alkanes of at least 4 members (excludes halogenated alkanes) is 2. The minimum absolute atomic E-state index is 0.252. The highest BCUT2D eigenvalue weighted by atomic mass is 16.5. The van der Waals surface area contributed by atoms with Gasteiger partial charge < -0.3 is 31.6 Å². The number of amidine groups is 1. The van der Waals surface area contributed by atoms with Gasteiger partial charge in [-0.15, -0.1) is 0 Å². The van der Waals surface area contributed by atoms with Crippen LogP contribution in [0.1, 0.15) is 51.2 Å². The van der Waals surface area contributed by atoms with Gasteiger partial charge in [-0.2, -0.15) is 10.1 Å².